The second kappa shape index (κ2) is 10.4. The Morgan fingerprint density at radius 2 is 2.04 bits per heavy atom. The number of hydrogen-bond acceptors (Lipinski definition) is 2. The van der Waals surface area contributed by atoms with Gasteiger partial charge in [-0.25, -0.2) is 0 Å². The molecule has 1 aromatic carbocycles. The molecule has 2 N–H and O–H groups in total. The predicted molar refractivity (Wildman–Crippen MR) is 107 cm³/mol. The van der Waals surface area contributed by atoms with Gasteiger partial charge in [-0.15, -0.1) is 24.0 Å². The van der Waals surface area contributed by atoms with E-state index in [2.05, 4.69) is 20.7 Å². The van der Waals surface area contributed by atoms with Gasteiger partial charge in [0.1, 0.15) is 0 Å². The van der Waals surface area contributed by atoms with E-state index in [0.717, 1.165) is 30.7 Å². The van der Waals surface area contributed by atoms with Crippen molar-refractivity contribution >= 4 is 29.9 Å². The molecule has 1 aromatic heterocycles. The molecular weight excluding hydrogens is 458 g/mol. The Bertz CT molecular complexity index is 712. The third-order valence-corrected chi connectivity index (χ3v) is 3.56. The van der Waals surface area contributed by atoms with Crippen LogP contribution in [0.5, 0.6) is 0 Å². The van der Waals surface area contributed by atoms with Crippen LogP contribution in [0, 0.1) is 6.92 Å². The first-order valence-electron chi connectivity index (χ1n) is 7.98. The van der Waals surface area contributed by atoms with Crippen molar-refractivity contribution in [3.63, 3.8) is 0 Å². The molecule has 2 aromatic rings. The zero-order valence-corrected chi connectivity index (χ0v) is 17.0. The third-order valence-electron chi connectivity index (χ3n) is 3.56. The highest BCUT2D eigenvalue weighted by Gasteiger charge is 2.30. The Kier molecular flexibility index (Phi) is 8.89. The van der Waals surface area contributed by atoms with Crippen molar-refractivity contribution in [2.75, 3.05) is 13.6 Å². The van der Waals surface area contributed by atoms with Crippen molar-refractivity contribution in [1.82, 2.24) is 20.4 Å². The lowest BCUT2D eigenvalue weighted by atomic mass is 10.1. The first kappa shape index (κ1) is 22.3. The van der Waals surface area contributed by atoms with Gasteiger partial charge >= 0.3 is 6.18 Å². The van der Waals surface area contributed by atoms with Crippen molar-refractivity contribution in [2.24, 2.45) is 4.99 Å². The minimum absolute atomic E-state index is 0. The van der Waals surface area contributed by atoms with Gasteiger partial charge in [0.25, 0.3) is 0 Å². The number of aliphatic imine (C=N–C) groups is 1. The van der Waals surface area contributed by atoms with Gasteiger partial charge in [0.15, 0.2) is 5.96 Å². The summed E-state index contributed by atoms with van der Waals surface area (Å²) in [4.78, 5) is 4.07. The normalized spacial score (nSPS) is 11.8. The van der Waals surface area contributed by atoms with E-state index in [9.17, 15) is 13.2 Å². The monoisotopic (exact) mass is 481 g/mol. The summed E-state index contributed by atoms with van der Waals surface area (Å²) in [6.45, 7) is 3.72. The molecule has 0 fully saturated rings. The highest BCUT2D eigenvalue weighted by Crippen LogP contribution is 2.29. The minimum atomic E-state index is -4.33. The third kappa shape index (κ3) is 7.22. The standard InChI is InChI=1S/C17H22F3N5.HI/c1-13-10-24-25(12-13)8-4-7-22-16(21-2)23-11-14-5-3-6-15(9-14)17(18,19)20;/h3,5-6,9-10,12H,4,7-8,11H2,1-2H3,(H2,21,22,23);1H. The zero-order valence-electron chi connectivity index (χ0n) is 14.7. The average molecular weight is 481 g/mol. The molecule has 0 radical (unpaired) electrons. The molecule has 0 aliphatic carbocycles. The van der Waals surface area contributed by atoms with Gasteiger partial charge in [-0.3, -0.25) is 9.67 Å². The molecule has 0 unspecified atom stereocenters. The summed E-state index contributed by atoms with van der Waals surface area (Å²) < 4.78 is 40.0. The summed E-state index contributed by atoms with van der Waals surface area (Å²) in [5, 5.41) is 10.4. The summed E-state index contributed by atoms with van der Waals surface area (Å²) in [5.74, 6) is 0.550. The number of nitrogens with zero attached hydrogens (tertiary/aromatic N) is 3. The van der Waals surface area contributed by atoms with E-state index in [1.54, 1.807) is 13.1 Å². The quantitative estimate of drug-likeness (QED) is 0.287. The number of alkyl halides is 3. The molecule has 0 saturated carbocycles. The topological polar surface area (TPSA) is 54.2 Å². The van der Waals surface area contributed by atoms with Crippen molar-refractivity contribution < 1.29 is 13.2 Å². The first-order chi connectivity index (χ1) is 11.9. The number of nitrogens with one attached hydrogen (secondary N) is 2. The van der Waals surface area contributed by atoms with Crippen LogP contribution in [0.4, 0.5) is 13.2 Å². The van der Waals surface area contributed by atoms with Crippen molar-refractivity contribution in [3.05, 3.63) is 53.3 Å². The van der Waals surface area contributed by atoms with Crippen molar-refractivity contribution in [1.29, 1.82) is 0 Å². The lowest BCUT2D eigenvalue weighted by Gasteiger charge is -2.13. The second-order valence-corrected chi connectivity index (χ2v) is 5.68. The summed E-state index contributed by atoms with van der Waals surface area (Å²) >= 11 is 0. The molecule has 9 heteroatoms. The van der Waals surface area contributed by atoms with Gasteiger partial charge in [-0.1, -0.05) is 12.1 Å². The van der Waals surface area contributed by atoms with Crippen LogP contribution >= 0.6 is 24.0 Å². The molecule has 5 nitrogen and oxygen atoms in total. The Labute approximate surface area is 168 Å². The van der Waals surface area contributed by atoms with Crippen LogP contribution in [-0.2, 0) is 19.3 Å². The van der Waals surface area contributed by atoms with Gasteiger partial charge in [0, 0.05) is 32.9 Å². The van der Waals surface area contributed by atoms with E-state index in [1.807, 2.05) is 24.0 Å². The van der Waals surface area contributed by atoms with Crippen LogP contribution in [0.3, 0.4) is 0 Å². The lowest BCUT2D eigenvalue weighted by molar-refractivity contribution is -0.137. The molecular formula is C17H23F3IN5. The van der Waals surface area contributed by atoms with Crippen LogP contribution < -0.4 is 10.6 Å². The predicted octanol–water partition coefficient (Wildman–Crippen LogP) is 3.58. The molecule has 144 valence electrons. The Morgan fingerprint density at radius 3 is 2.65 bits per heavy atom. The molecule has 0 spiro atoms. The smallest absolute Gasteiger partial charge is 0.356 e. The molecule has 0 aliphatic heterocycles. The summed E-state index contributed by atoms with van der Waals surface area (Å²) in [7, 11) is 1.62. The van der Waals surface area contributed by atoms with E-state index >= 15 is 0 Å². The average Bonchev–Trinajstić information content (AvgIpc) is 2.99. The van der Waals surface area contributed by atoms with E-state index in [0.29, 0.717) is 18.1 Å². The highest BCUT2D eigenvalue weighted by molar-refractivity contribution is 14.0. The molecule has 0 atom stereocenters. The number of hydrogen-bond donors (Lipinski definition) is 2. The van der Waals surface area contributed by atoms with E-state index in [4.69, 9.17) is 0 Å². The molecule has 1 heterocycles. The van der Waals surface area contributed by atoms with Gasteiger partial charge in [0.2, 0.25) is 0 Å². The van der Waals surface area contributed by atoms with Crippen LogP contribution in [-0.4, -0.2) is 29.3 Å². The number of benzene rings is 1. The fraction of sp³-hybridized carbons (Fsp3) is 0.412. The number of guanidine groups is 1. The number of aromatic nitrogens is 2. The maximum Gasteiger partial charge on any atom is 0.416 e. The van der Waals surface area contributed by atoms with Crippen LogP contribution in [0.25, 0.3) is 0 Å². The van der Waals surface area contributed by atoms with Crippen molar-refractivity contribution in [2.45, 2.75) is 32.6 Å². The Morgan fingerprint density at radius 1 is 1.27 bits per heavy atom. The lowest BCUT2D eigenvalue weighted by Crippen LogP contribution is -2.37. The molecule has 0 saturated heterocycles. The Hall–Kier alpha value is -1.78. The van der Waals surface area contributed by atoms with Gasteiger partial charge < -0.3 is 10.6 Å². The maximum atomic E-state index is 12.7. The Balaban J connectivity index is 0.00000338. The molecule has 26 heavy (non-hydrogen) atoms. The van der Waals surface area contributed by atoms with E-state index < -0.39 is 11.7 Å². The van der Waals surface area contributed by atoms with E-state index in [1.165, 1.54) is 6.07 Å². The number of rotatable bonds is 6. The van der Waals surface area contributed by atoms with Gasteiger partial charge in [0.05, 0.1) is 11.8 Å². The SMILES string of the molecule is CN=C(NCCCn1cc(C)cn1)NCc1cccc(C(F)(F)F)c1.I. The summed E-state index contributed by atoms with van der Waals surface area (Å²) in [6.07, 6.45) is 0.301. The zero-order chi connectivity index (χ0) is 18.3. The minimum Gasteiger partial charge on any atom is -0.356 e. The summed E-state index contributed by atoms with van der Waals surface area (Å²) in [6, 6.07) is 5.26. The van der Waals surface area contributed by atoms with Gasteiger partial charge in [-0.2, -0.15) is 18.3 Å². The number of aryl methyl sites for hydroxylation is 2. The fourth-order valence-corrected chi connectivity index (χ4v) is 2.30. The van der Waals surface area contributed by atoms with E-state index in [-0.39, 0.29) is 30.5 Å². The largest absolute Gasteiger partial charge is 0.416 e. The van der Waals surface area contributed by atoms with Crippen LogP contribution in [0.2, 0.25) is 0 Å². The van der Waals surface area contributed by atoms with Crippen LogP contribution in [0.15, 0.2) is 41.7 Å². The van der Waals surface area contributed by atoms with Crippen LogP contribution in [0.1, 0.15) is 23.1 Å². The highest BCUT2D eigenvalue weighted by atomic mass is 127. The summed E-state index contributed by atoms with van der Waals surface area (Å²) in [5.41, 5.74) is 1.01. The second-order valence-electron chi connectivity index (χ2n) is 5.68. The first-order valence-corrected chi connectivity index (χ1v) is 7.98. The van der Waals surface area contributed by atoms with Crippen molar-refractivity contribution in [3.8, 4) is 0 Å². The molecule has 2 rings (SSSR count). The molecule has 0 bridgehead atoms. The fourth-order valence-electron chi connectivity index (χ4n) is 2.30. The number of halogens is 4. The van der Waals surface area contributed by atoms with Gasteiger partial charge in [-0.05, 0) is 36.6 Å². The maximum absolute atomic E-state index is 12.7. The molecule has 0 aliphatic rings. The molecule has 0 amide bonds.